The van der Waals surface area contributed by atoms with Gasteiger partial charge in [-0.3, -0.25) is 4.79 Å². The van der Waals surface area contributed by atoms with Crippen molar-refractivity contribution < 1.29 is 13.9 Å². The third-order valence-electron chi connectivity index (χ3n) is 3.32. The van der Waals surface area contributed by atoms with Crippen molar-refractivity contribution in [1.29, 1.82) is 0 Å². The van der Waals surface area contributed by atoms with Crippen LogP contribution in [0.25, 0.3) is 0 Å². The molecule has 1 amide bonds. The number of carbonyl (C=O) groups is 1. The zero-order valence-electron chi connectivity index (χ0n) is 12.0. The molecular formula is C15H17N3O3. The van der Waals surface area contributed by atoms with E-state index in [1.165, 1.54) is 0 Å². The summed E-state index contributed by atoms with van der Waals surface area (Å²) in [4.78, 5) is 11.4. The Labute approximate surface area is 122 Å². The average molecular weight is 287 g/mol. The first kappa shape index (κ1) is 13.6. The lowest BCUT2D eigenvalue weighted by molar-refractivity contribution is -0.116. The number of nitrogens with zero attached hydrogens (tertiary/aromatic N) is 2. The number of nitrogens with one attached hydrogen (secondary N) is 1. The minimum Gasteiger partial charge on any atom is -0.484 e. The molecule has 6 heteroatoms. The zero-order valence-corrected chi connectivity index (χ0v) is 12.0. The Bertz CT molecular complexity index is 664. The predicted octanol–water partition coefficient (Wildman–Crippen LogP) is 2.66. The number of aromatic nitrogens is 2. The van der Waals surface area contributed by atoms with Gasteiger partial charge in [0, 0.05) is 24.1 Å². The van der Waals surface area contributed by atoms with Gasteiger partial charge in [0.1, 0.15) is 5.75 Å². The van der Waals surface area contributed by atoms with E-state index < -0.39 is 0 Å². The molecule has 2 heterocycles. The highest BCUT2D eigenvalue weighted by Crippen LogP contribution is 2.27. The molecule has 0 unspecified atom stereocenters. The first-order valence-corrected chi connectivity index (χ1v) is 6.99. The summed E-state index contributed by atoms with van der Waals surface area (Å²) in [5.41, 5.74) is 1.94. The van der Waals surface area contributed by atoms with Crippen LogP contribution >= 0.6 is 0 Å². The lowest BCUT2D eigenvalue weighted by Crippen LogP contribution is -2.18. The smallest absolute Gasteiger partial charge is 0.253 e. The van der Waals surface area contributed by atoms with Gasteiger partial charge < -0.3 is 14.5 Å². The first-order chi connectivity index (χ1) is 10.1. The number of carbonyl (C=O) groups excluding carboxylic acids is 1. The highest BCUT2D eigenvalue weighted by atomic mass is 16.5. The number of fused-ring (bicyclic) bond motifs is 1. The van der Waals surface area contributed by atoms with Gasteiger partial charge in [0.05, 0.1) is 0 Å². The van der Waals surface area contributed by atoms with Gasteiger partial charge in [-0.2, -0.15) is 0 Å². The summed E-state index contributed by atoms with van der Waals surface area (Å²) in [6.45, 7) is 4.20. The molecule has 1 N–H and O–H groups in total. The summed E-state index contributed by atoms with van der Waals surface area (Å²) in [5, 5.41) is 10.7. The number of ether oxygens (including phenoxy) is 1. The normalized spacial score (nSPS) is 14.0. The fourth-order valence-corrected chi connectivity index (χ4v) is 2.14. The van der Waals surface area contributed by atoms with Gasteiger partial charge in [-0.1, -0.05) is 19.9 Å². The number of anilines is 1. The van der Waals surface area contributed by atoms with Crippen LogP contribution in [0.15, 0.2) is 22.6 Å². The lowest BCUT2D eigenvalue weighted by atomic mass is 10.0. The first-order valence-electron chi connectivity index (χ1n) is 6.99. The fourth-order valence-electron chi connectivity index (χ4n) is 2.14. The lowest BCUT2D eigenvalue weighted by Gasteiger charge is -2.17. The van der Waals surface area contributed by atoms with Crippen molar-refractivity contribution >= 4 is 11.6 Å². The van der Waals surface area contributed by atoms with Crippen molar-refractivity contribution in [2.45, 2.75) is 39.2 Å². The molecule has 0 spiro atoms. The minimum absolute atomic E-state index is 0.0399. The largest absolute Gasteiger partial charge is 0.484 e. The maximum Gasteiger partial charge on any atom is 0.253 e. The Kier molecular flexibility index (Phi) is 3.60. The Balaban J connectivity index is 1.67. The van der Waals surface area contributed by atoms with Crippen LogP contribution < -0.4 is 10.1 Å². The summed E-state index contributed by atoms with van der Waals surface area (Å²) in [6.07, 6.45) is 1.30. The van der Waals surface area contributed by atoms with E-state index in [1.807, 2.05) is 32.0 Å². The zero-order chi connectivity index (χ0) is 14.8. The Morgan fingerprint density at radius 2 is 2.19 bits per heavy atom. The van der Waals surface area contributed by atoms with Gasteiger partial charge in [0.15, 0.2) is 6.61 Å². The van der Waals surface area contributed by atoms with Gasteiger partial charge in [-0.05, 0) is 18.1 Å². The van der Waals surface area contributed by atoms with Crippen molar-refractivity contribution in [3.63, 3.8) is 0 Å². The van der Waals surface area contributed by atoms with E-state index in [4.69, 9.17) is 9.15 Å². The SMILES string of the molecule is CC(C)c1nnc(COc2ccc3c(c2)NC(=O)CC3)o1. The maximum atomic E-state index is 11.4. The number of benzene rings is 1. The topological polar surface area (TPSA) is 77.3 Å². The summed E-state index contributed by atoms with van der Waals surface area (Å²) in [6, 6.07) is 5.68. The third-order valence-corrected chi connectivity index (χ3v) is 3.32. The van der Waals surface area contributed by atoms with Crippen LogP contribution in [0.1, 0.15) is 43.5 Å². The van der Waals surface area contributed by atoms with Crippen molar-refractivity contribution in [3.8, 4) is 5.75 Å². The summed E-state index contributed by atoms with van der Waals surface area (Å²) >= 11 is 0. The number of hydrogen-bond donors (Lipinski definition) is 1. The summed E-state index contributed by atoms with van der Waals surface area (Å²) in [5.74, 6) is 1.95. The van der Waals surface area contributed by atoms with Crippen LogP contribution in [0, 0.1) is 0 Å². The average Bonchev–Trinajstić information content (AvgIpc) is 2.93. The standard InChI is InChI=1S/C15H17N3O3/c1-9(2)15-18-17-14(21-15)8-20-11-5-3-10-4-6-13(19)16-12(10)7-11/h3,5,7,9H,4,6,8H2,1-2H3,(H,16,19). The molecule has 0 aliphatic carbocycles. The van der Waals surface area contributed by atoms with Crippen LogP contribution in [-0.2, 0) is 17.8 Å². The molecule has 1 aliphatic heterocycles. The van der Waals surface area contributed by atoms with Crippen molar-refractivity contribution in [2.24, 2.45) is 0 Å². The molecule has 0 atom stereocenters. The summed E-state index contributed by atoms with van der Waals surface area (Å²) < 4.78 is 11.1. The van der Waals surface area contributed by atoms with Crippen LogP contribution in [0.2, 0.25) is 0 Å². The van der Waals surface area contributed by atoms with Gasteiger partial charge in [-0.25, -0.2) is 0 Å². The highest BCUT2D eigenvalue weighted by molar-refractivity contribution is 5.94. The molecule has 110 valence electrons. The van der Waals surface area contributed by atoms with Crippen molar-refractivity contribution in [2.75, 3.05) is 5.32 Å². The molecular weight excluding hydrogens is 270 g/mol. The number of hydrogen-bond acceptors (Lipinski definition) is 5. The monoisotopic (exact) mass is 287 g/mol. The number of amides is 1. The van der Waals surface area contributed by atoms with Crippen LogP contribution in [0.4, 0.5) is 5.69 Å². The highest BCUT2D eigenvalue weighted by Gasteiger charge is 2.15. The minimum atomic E-state index is 0.0399. The second-order valence-electron chi connectivity index (χ2n) is 5.34. The number of rotatable bonds is 4. The molecule has 2 aromatic rings. The van der Waals surface area contributed by atoms with Crippen LogP contribution in [0.3, 0.4) is 0 Å². The van der Waals surface area contributed by atoms with Gasteiger partial charge in [-0.15, -0.1) is 10.2 Å². The van der Waals surface area contributed by atoms with Crippen LogP contribution in [0.5, 0.6) is 5.75 Å². The van der Waals surface area contributed by atoms with E-state index in [2.05, 4.69) is 15.5 Å². The van der Waals surface area contributed by atoms with E-state index in [1.54, 1.807) is 0 Å². The Morgan fingerprint density at radius 1 is 1.33 bits per heavy atom. The molecule has 1 aromatic carbocycles. The molecule has 0 saturated carbocycles. The third kappa shape index (κ3) is 3.04. The second-order valence-corrected chi connectivity index (χ2v) is 5.34. The van der Waals surface area contributed by atoms with E-state index in [0.29, 0.717) is 24.0 Å². The van der Waals surface area contributed by atoms with Crippen LogP contribution in [-0.4, -0.2) is 16.1 Å². The van der Waals surface area contributed by atoms with Gasteiger partial charge in [0.2, 0.25) is 11.8 Å². The molecule has 1 aliphatic rings. The summed E-state index contributed by atoms with van der Waals surface area (Å²) in [7, 11) is 0. The molecule has 0 saturated heterocycles. The predicted molar refractivity (Wildman–Crippen MR) is 76.1 cm³/mol. The van der Waals surface area contributed by atoms with Gasteiger partial charge in [0.25, 0.3) is 5.89 Å². The molecule has 3 rings (SSSR count). The van der Waals surface area contributed by atoms with Crippen molar-refractivity contribution in [1.82, 2.24) is 10.2 Å². The molecule has 6 nitrogen and oxygen atoms in total. The quantitative estimate of drug-likeness (QED) is 0.935. The van der Waals surface area contributed by atoms with Crippen molar-refractivity contribution in [3.05, 3.63) is 35.5 Å². The molecule has 0 radical (unpaired) electrons. The molecule has 0 fully saturated rings. The molecule has 1 aromatic heterocycles. The maximum absolute atomic E-state index is 11.4. The molecule has 0 bridgehead atoms. The number of aryl methyl sites for hydroxylation is 1. The second kappa shape index (κ2) is 5.55. The Hall–Kier alpha value is -2.37. The van der Waals surface area contributed by atoms with E-state index >= 15 is 0 Å². The van der Waals surface area contributed by atoms with E-state index in [0.717, 1.165) is 17.7 Å². The van der Waals surface area contributed by atoms with E-state index in [-0.39, 0.29) is 18.4 Å². The van der Waals surface area contributed by atoms with Gasteiger partial charge >= 0.3 is 0 Å². The molecule has 21 heavy (non-hydrogen) atoms. The van der Waals surface area contributed by atoms with E-state index in [9.17, 15) is 4.79 Å². The fraction of sp³-hybridized carbons (Fsp3) is 0.400. The Morgan fingerprint density at radius 3 is 2.95 bits per heavy atom.